The summed E-state index contributed by atoms with van der Waals surface area (Å²) in [7, 11) is 0. The van der Waals surface area contributed by atoms with Gasteiger partial charge in [-0.05, 0) is 35.8 Å². The van der Waals surface area contributed by atoms with E-state index < -0.39 is 17.4 Å². The van der Waals surface area contributed by atoms with Crippen LogP contribution in [0.1, 0.15) is 51.2 Å². The van der Waals surface area contributed by atoms with Crippen LogP contribution in [0.3, 0.4) is 0 Å². The lowest BCUT2D eigenvalue weighted by molar-refractivity contribution is -0.151. The predicted molar refractivity (Wildman–Crippen MR) is 163 cm³/mol. The van der Waals surface area contributed by atoms with E-state index in [0.29, 0.717) is 25.8 Å². The Morgan fingerprint density at radius 2 is 1.49 bits per heavy atom. The van der Waals surface area contributed by atoms with Gasteiger partial charge in [0.05, 0.1) is 24.5 Å². The van der Waals surface area contributed by atoms with Gasteiger partial charge in [-0.2, -0.15) is 0 Å². The smallest absolute Gasteiger partial charge is 0.309 e. The van der Waals surface area contributed by atoms with Gasteiger partial charge in [-0.1, -0.05) is 93.6 Å². The molecule has 0 radical (unpaired) electrons. The largest absolute Gasteiger partial charge is 0.463 e. The lowest BCUT2D eigenvalue weighted by atomic mass is 9.86. The molecule has 2 aromatic carbocycles. The van der Waals surface area contributed by atoms with Gasteiger partial charge >= 0.3 is 5.97 Å². The summed E-state index contributed by atoms with van der Waals surface area (Å²) >= 11 is 0. The number of ether oxygens (including phenoxy) is 1. The molecule has 41 heavy (non-hydrogen) atoms. The number of carbonyl (C=O) groups excluding carboxylic acids is 3. The minimum Gasteiger partial charge on any atom is -0.463 e. The second-order valence-corrected chi connectivity index (χ2v) is 11.4. The van der Waals surface area contributed by atoms with E-state index in [-0.39, 0.29) is 49.9 Å². The molecule has 222 valence electrons. The van der Waals surface area contributed by atoms with Crippen molar-refractivity contribution >= 4 is 17.8 Å². The fourth-order valence-electron chi connectivity index (χ4n) is 4.48. The number of hydrogen-bond donors (Lipinski definition) is 2. The number of esters is 1. The van der Waals surface area contributed by atoms with Crippen molar-refractivity contribution < 1.29 is 24.2 Å². The molecule has 0 spiro atoms. The molecule has 0 aliphatic carbocycles. The molecule has 0 aromatic heterocycles. The third kappa shape index (κ3) is 11.7. The molecule has 2 rings (SSSR count). The Labute approximate surface area is 245 Å². The van der Waals surface area contributed by atoms with Crippen molar-refractivity contribution in [1.29, 1.82) is 0 Å². The second-order valence-electron chi connectivity index (χ2n) is 11.4. The van der Waals surface area contributed by atoms with Crippen molar-refractivity contribution in [1.82, 2.24) is 10.2 Å². The van der Waals surface area contributed by atoms with Crippen LogP contribution in [0.25, 0.3) is 0 Å². The van der Waals surface area contributed by atoms with Crippen LogP contribution in [0.15, 0.2) is 86.0 Å². The molecule has 0 saturated heterocycles. The van der Waals surface area contributed by atoms with Gasteiger partial charge < -0.3 is 20.1 Å². The molecule has 0 aliphatic rings. The maximum absolute atomic E-state index is 13.5. The highest BCUT2D eigenvalue weighted by molar-refractivity contribution is 5.86. The molecule has 2 N–H and O–H groups in total. The number of benzene rings is 2. The molecule has 2 aromatic rings. The highest BCUT2D eigenvalue weighted by Gasteiger charge is 2.32. The van der Waals surface area contributed by atoms with Crippen LogP contribution in [0.4, 0.5) is 0 Å². The van der Waals surface area contributed by atoms with E-state index in [1.54, 1.807) is 17.1 Å². The first-order valence-corrected chi connectivity index (χ1v) is 14.2. The molecular formula is C34H46N2O5. The van der Waals surface area contributed by atoms with Crippen LogP contribution in [0.2, 0.25) is 0 Å². The van der Waals surface area contributed by atoms with Gasteiger partial charge in [-0.15, -0.1) is 13.2 Å². The topological polar surface area (TPSA) is 95.9 Å². The Morgan fingerprint density at radius 3 is 2.02 bits per heavy atom. The van der Waals surface area contributed by atoms with E-state index in [4.69, 9.17) is 4.74 Å². The zero-order valence-electron chi connectivity index (χ0n) is 24.8. The number of rotatable bonds is 17. The van der Waals surface area contributed by atoms with E-state index in [1.165, 1.54) is 0 Å². The monoisotopic (exact) mass is 562 g/mol. The molecule has 7 nitrogen and oxygen atoms in total. The maximum Gasteiger partial charge on any atom is 0.309 e. The van der Waals surface area contributed by atoms with Crippen LogP contribution >= 0.6 is 0 Å². The van der Waals surface area contributed by atoms with Crippen LogP contribution < -0.4 is 5.32 Å². The average Bonchev–Trinajstić information content (AvgIpc) is 2.94. The van der Waals surface area contributed by atoms with Crippen LogP contribution in [-0.4, -0.2) is 53.6 Å². The fraction of sp³-hybridized carbons (Fsp3) is 0.441. The van der Waals surface area contributed by atoms with Gasteiger partial charge in [0.25, 0.3) is 0 Å². The van der Waals surface area contributed by atoms with Gasteiger partial charge in [0, 0.05) is 19.5 Å². The number of nitrogens with one attached hydrogen (secondary N) is 1. The second kappa shape index (κ2) is 17.2. The molecule has 0 fully saturated rings. The van der Waals surface area contributed by atoms with Crippen molar-refractivity contribution in [3.05, 3.63) is 97.1 Å². The summed E-state index contributed by atoms with van der Waals surface area (Å²) in [5.74, 6) is -1.89. The molecular weight excluding hydrogens is 516 g/mol. The Hall–Kier alpha value is -3.71. The average molecular weight is 563 g/mol. The third-order valence-electron chi connectivity index (χ3n) is 7.05. The number of nitrogens with zero attached hydrogens (tertiary/aromatic N) is 1. The molecule has 0 saturated carbocycles. The van der Waals surface area contributed by atoms with E-state index >= 15 is 0 Å². The Bertz CT molecular complexity index is 1110. The maximum atomic E-state index is 13.5. The summed E-state index contributed by atoms with van der Waals surface area (Å²) < 4.78 is 5.75. The molecule has 0 heterocycles. The van der Waals surface area contributed by atoms with Crippen LogP contribution in [0, 0.1) is 17.3 Å². The fourth-order valence-corrected chi connectivity index (χ4v) is 4.48. The summed E-state index contributed by atoms with van der Waals surface area (Å²) in [5, 5.41) is 12.6. The first-order chi connectivity index (χ1) is 19.6. The number of carbonyl (C=O) groups is 3. The third-order valence-corrected chi connectivity index (χ3v) is 7.05. The first-order valence-electron chi connectivity index (χ1n) is 14.2. The Morgan fingerprint density at radius 1 is 0.927 bits per heavy atom. The zero-order chi connectivity index (χ0) is 30.3. The van der Waals surface area contributed by atoms with Gasteiger partial charge in [0.2, 0.25) is 11.8 Å². The normalized spacial score (nSPS) is 13.4. The summed E-state index contributed by atoms with van der Waals surface area (Å²) in [6.45, 7) is 13.8. The predicted octanol–water partition coefficient (Wildman–Crippen LogP) is 5.10. The molecule has 7 heteroatoms. The summed E-state index contributed by atoms with van der Waals surface area (Å²) in [6.07, 6.45) is 4.64. The van der Waals surface area contributed by atoms with Gasteiger partial charge in [-0.25, -0.2) is 0 Å². The van der Waals surface area contributed by atoms with E-state index in [0.717, 1.165) is 11.1 Å². The lowest BCUT2D eigenvalue weighted by Gasteiger charge is -2.33. The highest BCUT2D eigenvalue weighted by Crippen LogP contribution is 2.23. The zero-order valence-corrected chi connectivity index (χ0v) is 24.8. The van der Waals surface area contributed by atoms with E-state index in [2.05, 4.69) is 18.5 Å². The Balaban J connectivity index is 2.08. The number of allylic oxidation sites excluding steroid dienone is 2. The summed E-state index contributed by atoms with van der Waals surface area (Å²) in [4.78, 5) is 41.3. The van der Waals surface area contributed by atoms with Crippen molar-refractivity contribution in [3.63, 3.8) is 0 Å². The van der Waals surface area contributed by atoms with E-state index in [9.17, 15) is 19.5 Å². The standard InChI is InChI=1S/C34H46N2O5/c1-6-14-28(23-31(38)36(20-21-37)24-27-18-12-9-13-19-27)32(39)35-30(34(3,4)5)25-41-33(40)29(15-7-2)22-26-16-10-8-11-17-26/h6-13,16-19,28-30,37H,1-2,14-15,20-25H2,3-5H3,(H,35,39)/t28-,29+,30+/m0/s1. The SMILES string of the molecule is C=CC[C@@H](CC(=O)N(CCO)Cc1ccccc1)C(=O)N[C@H](COC(=O)[C@H](CC=C)Cc1ccccc1)C(C)(C)C. The molecule has 0 unspecified atom stereocenters. The number of aliphatic hydroxyl groups excluding tert-OH is 1. The Kier molecular flexibility index (Phi) is 14.0. The van der Waals surface area contributed by atoms with Crippen molar-refractivity contribution in [3.8, 4) is 0 Å². The molecule has 0 aliphatic heterocycles. The van der Waals surface area contributed by atoms with E-state index in [1.807, 2.05) is 81.4 Å². The molecule has 0 bridgehead atoms. The minimum absolute atomic E-state index is 0.00983. The van der Waals surface area contributed by atoms with Gasteiger partial charge in [0.1, 0.15) is 6.61 Å². The number of hydrogen-bond acceptors (Lipinski definition) is 5. The number of amides is 2. The van der Waals surface area contributed by atoms with Crippen molar-refractivity contribution in [2.75, 3.05) is 19.8 Å². The molecule has 3 atom stereocenters. The van der Waals surface area contributed by atoms with Gasteiger partial charge in [0.15, 0.2) is 0 Å². The van der Waals surface area contributed by atoms with Crippen molar-refractivity contribution in [2.45, 2.75) is 59.0 Å². The van der Waals surface area contributed by atoms with Crippen LogP contribution in [0.5, 0.6) is 0 Å². The first kappa shape index (κ1) is 33.5. The minimum atomic E-state index is -0.649. The molecule has 2 amide bonds. The highest BCUT2D eigenvalue weighted by atomic mass is 16.5. The van der Waals surface area contributed by atoms with Gasteiger partial charge in [-0.3, -0.25) is 14.4 Å². The lowest BCUT2D eigenvalue weighted by Crippen LogP contribution is -2.50. The van der Waals surface area contributed by atoms with Crippen LogP contribution in [-0.2, 0) is 32.1 Å². The summed E-state index contributed by atoms with van der Waals surface area (Å²) in [5.41, 5.74) is 1.56. The number of aliphatic hydroxyl groups is 1. The van der Waals surface area contributed by atoms with Crippen molar-refractivity contribution in [2.24, 2.45) is 17.3 Å². The summed E-state index contributed by atoms with van der Waals surface area (Å²) in [6, 6.07) is 18.8. The quantitative estimate of drug-likeness (QED) is 0.207.